The molecule has 3 N–H and O–H groups in total. The van der Waals surface area contributed by atoms with Crippen LogP contribution in [0.4, 0.5) is 4.79 Å². The van der Waals surface area contributed by atoms with Crippen LogP contribution in [0.25, 0.3) is 0 Å². The van der Waals surface area contributed by atoms with Gasteiger partial charge in [0.2, 0.25) is 0 Å². The molecule has 3 aliphatic rings. The highest BCUT2D eigenvalue weighted by atomic mass is 16.7. The zero-order valence-corrected chi connectivity index (χ0v) is 28.0. The number of methoxy groups -OCH3 is 1. The highest BCUT2D eigenvalue weighted by Crippen LogP contribution is 2.42. The van der Waals surface area contributed by atoms with Gasteiger partial charge in [0.05, 0.1) is 23.8 Å². The van der Waals surface area contributed by atoms with E-state index in [4.69, 9.17) is 24.8 Å². The first-order valence-corrected chi connectivity index (χ1v) is 15.4. The van der Waals surface area contributed by atoms with E-state index in [0.717, 1.165) is 11.4 Å². The lowest BCUT2D eigenvalue weighted by molar-refractivity contribution is -0.289. The molecule has 12 heteroatoms. The second-order valence-electron chi connectivity index (χ2n) is 14.2. The molecule has 246 valence electrons. The average molecular weight is 611 g/mol. The zero-order valence-electron chi connectivity index (χ0n) is 28.0. The van der Waals surface area contributed by atoms with Gasteiger partial charge in [-0.05, 0) is 60.0 Å². The Morgan fingerprint density at radius 2 is 1.58 bits per heavy atom. The van der Waals surface area contributed by atoms with Crippen molar-refractivity contribution in [3.8, 4) is 0 Å². The number of nitrogens with zero attached hydrogens (tertiary/aromatic N) is 2. The molecule has 0 aliphatic carbocycles. The van der Waals surface area contributed by atoms with E-state index in [1.807, 2.05) is 41.8 Å². The summed E-state index contributed by atoms with van der Waals surface area (Å²) >= 11 is 0. The van der Waals surface area contributed by atoms with Crippen LogP contribution in [-0.2, 0) is 33.3 Å². The third kappa shape index (κ3) is 6.78. The van der Waals surface area contributed by atoms with Crippen LogP contribution in [-0.4, -0.2) is 103 Å². The fraction of sp³-hybridized carbons (Fsp3) is 0.871. The van der Waals surface area contributed by atoms with E-state index < -0.39 is 77.3 Å². The fourth-order valence-electron chi connectivity index (χ4n) is 7.58. The van der Waals surface area contributed by atoms with Gasteiger partial charge in [-0.25, -0.2) is 10.6 Å². The number of hydrogen-bond donors (Lipinski definition) is 2. The third-order valence-corrected chi connectivity index (χ3v) is 10.2. The molecule has 0 aromatic rings. The highest BCUT2D eigenvalue weighted by molar-refractivity contribution is 6.00. The van der Waals surface area contributed by atoms with Crippen LogP contribution in [0.5, 0.6) is 0 Å². The van der Waals surface area contributed by atoms with Crippen LogP contribution >= 0.6 is 0 Å². The Morgan fingerprint density at radius 3 is 2.14 bits per heavy atom. The largest absolute Gasteiger partial charge is 0.460 e. The van der Waals surface area contributed by atoms with Crippen LogP contribution in [0, 0.1) is 29.1 Å². The smallest absolute Gasteiger partial charge is 0.332 e. The van der Waals surface area contributed by atoms with Crippen molar-refractivity contribution in [2.75, 3.05) is 21.2 Å². The van der Waals surface area contributed by atoms with Gasteiger partial charge in [0.15, 0.2) is 12.1 Å². The number of carbonyl (C=O) groups is 4. The number of ketones is 2. The number of rotatable bonds is 4. The van der Waals surface area contributed by atoms with Crippen LogP contribution in [0.1, 0.15) is 75.2 Å². The number of hydrogen-bond acceptors (Lipinski definition) is 10. The molecule has 3 saturated heterocycles. The summed E-state index contributed by atoms with van der Waals surface area (Å²) in [5.41, 5.74) is -1.89. The fourth-order valence-corrected chi connectivity index (χ4v) is 7.58. The monoisotopic (exact) mass is 610 g/mol. The molecule has 0 saturated carbocycles. The van der Waals surface area contributed by atoms with Crippen molar-refractivity contribution in [2.45, 2.75) is 123 Å². The van der Waals surface area contributed by atoms with Crippen molar-refractivity contribution in [2.24, 2.45) is 34.9 Å². The normalized spacial score (nSPS) is 43.2. The van der Waals surface area contributed by atoms with E-state index in [1.165, 1.54) is 6.92 Å². The first kappa shape index (κ1) is 35.4. The summed E-state index contributed by atoms with van der Waals surface area (Å²) in [6, 6.07) is -1.34. The summed E-state index contributed by atoms with van der Waals surface area (Å²) in [5.74, 6) is 2.02. The van der Waals surface area contributed by atoms with Crippen molar-refractivity contribution in [1.82, 2.24) is 15.2 Å². The van der Waals surface area contributed by atoms with Gasteiger partial charge in [-0.15, -0.1) is 0 Å². The predicted molar refractivity (Wildman–Crippen MR) is 159 cm³/mol. The van der Waals surface area contributed by atoms with Gasteiger partial charge in [-0.2, -0.15) is 0 Å². The Kier molecular flexibility index (Phi) is 10.8. The van der Waals surface area contributed by atoms with Gasteiger partial charge >= 0.3 is 12.0 Å². The minimum absolute atomic E-state index is 0.0133. The van der Waals surface area contributed by atoms with Crippen molar-refractivity contribution < 1.29 is 38.1 Å². The number of fused-ring (bicyclic) bond motifs is 1. The first-order chi connectivity index (χ1) is 19.8. The number of nitrogens with two attached hydrogens (primary N) is 1. The molecule has 0 radical (unpaired) electrons. The van der Waals surface area contributed by atoms with Crippen molar-refractivity contribution >= 4 is 23.6 Å². The number of cyclic esters (lactones) is 1. The summed E-state index contributed by atoms with van der Waals surface area (Å²) in [4.78, 5) is 56.1. The van der Waals surface area contributed by atoms with Crippen molar-refractivity contribution in [1.29, 1.82) is 0 Å². The quantitative estimate of drug-likeness (QED) is 0.210. The maximum Gasteiger partial charge on any atom is 0.332 e. The number of hydrazine groups is 1. The summed E-state index contributed by atoms with van der Waals surface area (Å²) in [6.45, 7) is 16.1. The molecule has 43 heavy (non-hydrogen) atoms. The number of nitrogens with one attached hydrogen (secondary N) is 1. The van der Waals surface area contributed by atoms with E-state index in [-0.39, 0.29) is 23.7 Å². The predicted octanol–water partition coefficient (Wildman–Crippen LogP) is 2.52. The van der Waals surface area contributed by atoms with Crippen LogP contribution in [0.2, 0.25) is 0 Å². The second kappa shape index (κ2) is 13.1. The van der Waals surface area contributed by atoms with Crippen LogP contribution in [0.3, 0.4) is 0 Å². The van der Waals surface area contributed by atoms with Crippen LogP contribution < -0.4 is 11.2 Å². The Balaban J connectivity index is 2.07. The summed E-state index contributed by atoms with van der Waals surface area (Å²) in [5, 5.41) is 3.85. The van der Waals surface area contributed by atoms with E-state index in [1.54, 1.807) is 34.8 Å². The molecular formula is C31H54N4O8. The first-order valence-electron chi connectivity index (χ1n) is 15.4. The Bertz CT molecular complexity index is 1070. The molecule has 0 aromatic heterocycles. The topological polar surface area (TPSA) is 150 Å². The molecule has 3 fully saturated rings. The molecule has 0 bridgehead atoms. The van der Waals surface area contributed by atoms with E-state index in [2.05, 4.69) is 10.2 Å². The third-order valence-electron chi connectivity index (χ3n) is 10.2. The van der Waals surface area contributed by atoms with Crippen LogP contribution in [0.15, 0.2) is 0 Å². The molecule has 3 aliphatic heterocycles. The number of esters is 1. The number of ether oxygens (including phenoxy) is 4. The number of likely N-dealkylation sites (N-methyl/N-ethyl adjacent to an activating group) is 1. The van der Waals surface area contributed by atoms with E-state index >= 15 is 0 Å². The van der Waals surface area contributed by atoms with Crippen molar-refractivity contribution in [3.05, 3.63) is 0 Å². The SMILES string of the molecule is COC1C(OC2[C@@H](C)C(=O)[C@@H](C)C(=O)O[C@H](C)C3(C)NC(=O)N(N)C3C(C)C(=O)C(C)CC2(C)C)O[C@H](C)CC1N(C)C. The number of urea groups is 1. The highest BCUT2D eigenvalue weighted by Gasteiger charge is 2.57. The number of amides is 2. The molecule has 12 atom stereocenters. The lowest BCUT2D eigenvalue weighted by Gasteiger charge is -2.47. The molecule has 2 amide bonds. The Hall–Kier alpha value is -2.12. The van der Waals surface area contributed by atoms with Crippen molar-refractivity contribution in [3.63, 3.8) is 0 Å². The van der Waals surface area contributed by atoms with Gasteiger partial charge < -0.3 is 29.2 Å². The summed E-state index contributed by atoms with van der Waals surface area (Å²) < 4.78 is 24.7. The molecule has 8 unspecified atom stereocenters. The van der Waals surface area contributed by atoms with E-state index in [0.29, 0.717) is 6.42 Å². The lowest BCUT2D eigenvalue weighted by atomic mass is 9.69. The molecule has 0 spiro atoms. The molecule has 12 nitrogen and oxygen atoms in total. The molecule has 3 heterocycles. The maximum atomic E-state index is 14.0. The Morgan fingerprint density at radius 1 is 0.977 bits per heavy atom. The zero-order chi connectivity index (χ0) is 32.8. The molecular weight excluding hydrogens is 556 g/mol. The summed E-state index contributed by atoms with van der Waals surface area (Å²) in [7, 11) is 5.57. The molecule has 0 aromatic carbocycles. The lowest BCUT2D eigenvalue weighted by Crippen LogP contribution is -2.61. The average Bonchev–Trinajstić information content (AvgIpc) is 3.16. The number of carbonyl (C=O) groups excluding carboxylic acids is 4. The van der Waals surface area contributed by atoms with E-state index in [9.17, 15) is 19.2 Å². The Labute approximate surface area is 256 Å². The minimum Gasteiger partial charge on any atom is -0.460 e. The van der Waals surface area contributed by atoms with Gasteiger partial charge in [0.1, 0.15) is 23.9 Å². The van der Waals surface area contributed by atoms with Gasteiger partial charge in [0.25, 0.3) is 0 Å². The van der Waals surface area contributed by atoms with Gasteiger partial charge in [0, 0.05) is 30.9 Å². The summed E-state index contributed by atoms with van der Waals surface area (Å²) in [6.07, 6.45) is -1.83. The standard InChI is InChI=1S/C31H54N4O8/c1-15-14-30(7,8)26(43-28-24(40-12)21(34(10)11)13-16(2)41-28)18(4)23(37)19(5)27(38)42-20(6)31(9)25(17(3)22(15)36)35(32)29(39)33-31/h15-21,24-26,28H,13-14,32H2,1-12H3,(H,33,39)/t15?,16-,17?,18+,19-,20-,21?,24?,25?,26?,28?,31?/m1/s1. The molecule has 3 rings (SSSR count). The number of Topliss-reactive ketones (excluding diaryl/α,β-unsaturated/α-hetero) is 2. The minimum atomic E-state index is -1.16. The second-order valence-corrected chi connectivity index (χ2v) is 14.2. The van der Waals surface area contributed by atoms with Gasteiger partial charge in [-0.1, -0.05) is 34.6 Å². The maximum absolute atomic E-state index is 14.0. The van der Waals surface area contributed by atoms with Gasteiger partial charge in [-0.3, -0.25) is 19.4 Å².